The molecule has 0 radical (unpaired) electrons. The topological polar surface area (TPSA) is 60.5 Å². The number of pyridine rings is 1. The molecule has 9 aromatic carbocycles. The fourth-order valence-corrected chi connectivity index (χ4v) is 8.09. The Balaban J connectivity index is 1.39. The van der Waals surface area contributed by atoms with Crippen molar-refractivity contribution < 1.29 is 0 Å². The van der Waals surface area contributed by atoms with Gasteiger partial charge in [0.1, 0.15) is 0 Å². The summed E-state index contributed by atoms with van der Waals surface area (Å²) in [6.45, 7) is 0. The van der Waals surface area contributed by atoms with Crippen LogP contribution in [0.1, 0.15) is 11.1 Å². The summed E-state index contributed by atoms with van der Waals surface area (Å²) in [5.41, 5.74) is 8.13. The Morgan fingerprint density at radius 2 is 0.904 bits per heavy atom. The number of hydrogen-bond acceptors (Lipinski definition) is 3. The molecule has 0 bridgehead atoms. The molecule has 10 rings (SSSR count). The summed E-state index contributed by atoms with van der Waals surface area (Å²) in [5.74, 6) is 0. The molecule has 0 fully saturated rings. The zero-order valence-corrected chi connectivity index (χ0v) is 27.9. The average molecular weight is 658 g/mol. The van der Waals surface area contributed by atoms with Gasteiger partial charge >= 0.3 is 0 Å². The molecule has 0 spiro atoms. The molecule has 0 amide bonds. The van der Waals surface area contributed by atoms with Gasteiger partial charge in [-0.3, -0.25) is 4.98 Å². The molecule has 0 saturated carbocycles. The van der Waals surface area contributed by atoms with Crippen LogP contribution in [0.25, 0.3) is 98.0 Å². The van der Waals surface area contributed by atoms with Gasteiger partial charge in [0.05, 0.1) is 23.3 Å². The molecule has 52 heavy (non-hydrogen) atoms. The predicted molar refractivity (Wildman–Crippen MR) is 215 cm³/mol. The van der Waals surface area contributed by atoms with Crippen molar-refractivity contribution in [3.63, 3.8) is 0 Å². The first kappa shape index (κ1) is 29.6. The Morgan fingerprint density at radius 3 is 1.48 bits per heavy atom. The molecule has 0 aliphatic carbocycles. The number of rotatable bonds is 3. The summed E-state index contributed by atoms with van der Waals surface area (Å²) < 4.78 is 0. The van der Waals surface area contributed by atoms with Crippen LogP contribution < -0.4 is 0 Å². The highest BCUT2D eigenvalue weighted by atomic mass is 14.6. The SMILES string of the molecule is N#Cc1ccc2cc(-c3c4ccccc4c(-c4ccc5cc(C#N)ccc5c4)c4cc5c(cc34)c(-c3cccnc3)cc3ccccc35)ccc2c1. The van der Waals surface area contributed by atoms with Gasteiger partial charge in [-0.2, -0.15) is 10.5 Å². The van der Waals surface area contributed by atoms with Crippen molar-refractivity contribution in [3.05, 3.63) is 175 Å². The van der Waals surface area contributed by atoms with E-state index in [4.69, 9.17) is 0 Å². The lowest BCUT2D eigenvalue weighted by Crippen LogP contribution is -1.93. The first-order chi connectivity index (χ1) is 25.7. The zero-order valence-electron chi connectivity index (χ0n) is 27.9. The van der Waals surface area contributed by atoms with Crippen LogP contribution in [0.5, 0.6) is 0 Å². The van der Waals surface area contributed by atoms with Gasteiger partial charge < -0.3 is 0 Å². The van der Waals surface area contributed by atoms with E-state index >= 15 is 0 Å². The zero-order chi connectivity index (χ0) is 34.8. The molecule has 0 unspecified atom stereocenters. The Hall–Kier alpha value is -7.33. The maximum Gasteiger partial charge on any atom is 0.0991 e. The molecule has 0 saturated heterocycles. The van der Waals surface area contributed by atoms with Gasteiger partial charge in [-0.05, 0) is 153 Å². The third-order valence-corrected chi connectivity index (χ3v) is 10.5. The first-order valence-electron chi connectivity index (χ1n) is 17.3. The number of nitriles is 2. The monoisotopic (exact) mass is 657 g/mol. The molecular weight excluding hydrogens is 631 g/mol. The van der Waals surface area contributed by atoms with Crippen molar-refractivity contribution in [1.29, 1.82) is 10.5 Å². The molecule has 1 heterocycles. The van der Waals surface area contributed by atoms with E-state index in [1.165, 1.54) is 48.8 Å². The number of hydrogen-bond donors (Lipinski definition) is 0. The lowest BCUT2D eigenvalue weighted by Gasteiger charge is -2.20. The van der Waals surface area contributed by atoms with E-state index in [9.17, 15) is 10.5 Å². The minimum absolute atomic E-state index is 0.654. The molecule has 0 atom stereocenters. The van der Waals surface area contributed by atoms with Crippen LogP contribution >= 0.6 is 0 Å². The van der Waals surface area contributed by atoms with Gasteiger partial charge in [0, 0.05) is 18.0 Å². The van der Waals surface area contributed by atoms with Crippen LogP contribution in [0.2, 0.25) is 0 Å². The average Bonchev–Trinajstić information content (AvgIpc) is 3.21. The molecule has 3 heteroatoms. The van der Waals surface area contributed by atoms with E-state index in [0.29, 0.717) is 11.1 Å². The van der Waals surface area contributed by atoms with Crippen LogP contribution in [0.3, 0.4) is 0 Å². The molecular formula is C49H27N3. The van der Waals surface area contributed by atoms with E-state index in [0.717, 1.165) is 49.2 Å². The van der Waals surface area contributed by atoms with Crippen molar-refractivity contribution in [2.45, 2.75) is 0 Å². The highest BCUT2D eigenvalue weighted by molar-refractivity contribution is 6.27. The van der Waals surface area contributed by atoms with Gasteiger partial charge in [0.15, 0.2) is 0 Å². The van der Waals surface area contributed by atoms with Gasteiger partial charge in [0.2, 0.25) is 0 Å². The highest BCUT2D eigenvalue weighted by Gasteiger charge is 2.20. The first-order valence-corrected chi connectivity index (χ1v) is 17.3. The quantitative estimate of drug-likeness (QED) is 0.140. The Morgan fingerprint density at radius 1 is 0.365 bits per heavy atom. The molecule has 3 nitrogen and oxygen atoms in total. The summed E-state index contributed by atoms with van der Waals surface area (Å²) >= 11 is 0. The Labute approximate surface area is 299 Å². The maximum absolute atomic E-state index is 9.56. The largest absolute Gasteiger partial charge is 0.264 e. The van der Waals surface area contributed by atoms with E-state index in [1.54, 1.807) is 0 Å². The number of aromatic nitrogens is 1. The predicted octanol–water partition coefficient (Wildman–Crippen LogP) is 12.7. The van der Waals surface area contributed by atoms with Crippen molar-refractivity contribution in [1.82, 2.24) is 4.98 Å². The van der Waals surface area contributed by atoms with Crippen LogP contribution in [0.15, 0.2) is 164 Å². The van der Waals surface area contributed by atoms with E-state index in [2.05, 4.69) is 126 Å². The minimum atomic E-state index is 0.654. The van der Waals surface area contributed by atoms with Crippen LogP contribution in [0.4, 0.5) is 0 Å². The molecule has 0 aliphatic rings. The fraction of sp³-hybridized carbons (Fsp3) is 0. The van der Waals surface area contributed by atoms with Crippen molar-refractivity contribution >= 4 is 64.6 Å². The van der Waals surface area contributed by atoms with Crippen LogP contribution in [-0.4, -0.2) is 4.98 Å². The second kappa shape index (κ2) is 11.6. The number of nitrogens with zero attached hydrogens (tertiary/aromatic N) is 3. The normalized spacial score (nSPS) is 11.4. The third-order valence-electron chi connectivity index (χ3n) is 10.5. The Kier molecular flexibility index (Phi) is 6.62. The van der Waals surface area contributed by atoms with Gasteiger partial charge in [0.25, 0.3) is 0 Å². The minimum Gasteiger partial charge on any atom is -0.264 e. The van der Waals surface area contributed by atoms with E-state index in [-0.39, 0.29) is 0 Å². The van der Waals surface area contributed by atoms with Crippen molar-refractivity contribution in [3.8, 4) is 45.5 Å². The fourth-order valence-electron chi connectivity index (χ4n) is 8.09. The smallest absolute Gasteiger partial charge is 0.0991 e. The summed E-state index contributed by atoms with van der Waals surface area (Å²) in [5, 5.41) is 32.8. The van der Waals surface area contributed by atoms with Gasteiger partial charge in [-0.25, -0.2) is 0 Å². The second-order valence-corrected chi connectivity index (χ2v) is 13.4. The van der Waals surface area contributed by atoms with Crippen molar-refractivity contribution in [2.24, 2.45) is 0 Å². The molecule has 0 N–H and O–H groups in total. The van der Waals surface area contributed by atoms with Gasteiger partial charge in [-0.15, -0.1) is 0 Å². The summed E-state index contributed by atoms with van der Waals surface area (Å²) in [6.07, 6.45) is 3.77. The number of benzene rings is 9. The molecule has 238 valence electrons. The maximum atomic E-state index is 9.56. The summed E-state index contributed by atoms with van der Waals surface area (Å²) in [6, 6.07) is 58.1. The van der Waals surface area contributed by atoms with Crippen LogP contribution in [0, 0.1) is 22.7 Å². The summed E-state index contributed by atoms with van der Waals surface area (Å²) in [4.78, 5) is 4.51. The van der Waals surface area contributed by atoms with E-state index < -0.39 is 0 Å². The van der Waals surface area contributed by atoms with E-state index in [1.807, 2.05) is 54.9 Å². The van der Waals surface area contributed by atoms with Crippen LogP contribution in [-0.2, 0) is 0 Å². The summed E-state index contributed by atoms with van der Waals surface area (Å²) in [7, 11) is 0. The lowest BCUT2D eigenvalue weighted by atomic mass is 9.82. The second-order valence-electron chi connectivity index (χ2n) is 13.4. The Bertz CT molecular complexity index is 3200. The highest BCUT2D eigenvalue weighted by Crippen LogP contribution is 2.48. The van der Waals surface area contributed by atoms with Crippen molar-refractivity contribution in [2.75, 3.05) is 0 Å². The third kappa shape index (κ3) is 4.62. The standard InChI is InChI=1S/C49H27N3/c50-27-30-11-13-34-22-37(17-15-32(34)20-30)48-41-9-3-4-10-42(41)49(38-18-16-33-21-31(28-51)12-14-35(33)23-38)47-26-45-43(39-7-5-19-52-29-39)24-36-6-1-2-8-40(36)44(45)25-46(47)48/h1-26,29H. The van der Waals surface area contributed by atoms with Gasteiger partial charge in [-0.1, -0.05) is 91.0 Å². The molecule has 1 aromatic heterocycles. The lowest BCUT2D eigenvalue weighted by molar-refractivity contribution is 1.33. The molecule has 0 aliphatic heterocycles. The number of fused-ring (bicyclic) bond motifs is 7. The molecule has 10 aromatic rings.